The lowest BCUT2D eigenvalue weighted by Gasteiger charge is -2.31. The molecule has 1 N–H and O–H groups in total. The molecule has 1 amide bonds. The molecule has 2 fully saturated rings. The summed E-state index contributed by atoms with van der Waals surface area (Å²) in [4.78, 5) is 22.2. The van der Waals surface area contributed by atoms with Gasteiger partial charge in [0.15, 0.2) is 5.13 Å². The van der Waals surface area contributed by atoms with Crippen molar-refractivity contribution in [2.45, 2.75) is 39.5 Å². The van der Waals surface area contributed by atoms with Gasteiger partial charge in [0.05, 0.1) is 10.2 Å². The minimum Gasteiger partial charge on any atom is -0.355 e. The Kier molecular flexibility index (Phi) is 5.64. The zero-order valence-electron chi connectivity index (χ0n) is 16.5. The number of likely N-dealkylation sites (tertiary alicyclic amines) is 1. The SMILES string of the molecule is Cc1cc(C)c2nc(N3CCC(C(=O)NCCN4CCCC4)CC3)sc2c1. The van der Waals surface area contributed by atoms with Crippen LogP contribution in [-0.2, 0) is 4.79 Å². The molecule has 4 rings (SSSR count). The number of amides is 1. The van der Waals surface area contributed by atoms with Crippen molar-refractivity contribution in [2.24, 2.45) is 5.92 Å². The highest BCUT2D eigenvalue weighted by Gasteiger charge is 2.26. The fourth-order valence-corrected chi connectivity index (χ4v) is 5.51. The molecule has 2 aliphatic heterocycles. The molecule has 2 aliphatic rings. The van der Waals surface area contributed by atoms with E-state index in [9.17, 15) is 4.79 Å². The number of nitrogens with zero attached hydrogens (tertiary/aromatic N) is 3. The fraction of sp³-hybridized carbons (Fsp3) is 0.619. The molecule has 1 aromatic carbocycles. The molecule has 2 saturated heterocycles. The summed E-state index contributed by atoms with van der Waals surface area (Å²) in [7, 11) is 0. The number of anilines is 1. The molecule has 0 radical (unpaired) electrons. The van der Waals surface area contributed by atoms with Crippen LogP contribution < -0.4 is 10.2 Å². The number of piperidine rings is 1. The standard InChI is InChI=1S/C21H30N4OS/c1-15-13-16(2)19-18(14-15)27-21(23-19)25-10-5-17(6-11-25)20(26)22-7-12-24-8-3-4-9-24/h13-14,17H,3-12H2,1-2H3,(H,22,26). The van der Waals surface area contributed by atoms with Crippen molar-refractivity contribution in [3.63, 3.8) is 0 Å². The predicted molar refractivity (Wildman–Crippen MR) is 113 cm³/mol. The number of carbonyl (C=O) groups excluding carboxylic acids is 1. The molecule has 0 spiro atoms. The van der Waals surface area contributed by atoms with Gasteiger partial charge in [0.1, 0.15) is 0 Å². The van der Waals surface area contributed by atoms with Crippen LogP contribution in [0.2, 0.25) is 0 Å². The van der Waals surface area contributed by atoms with Crippen LogP contribution in [0.25, 0.3) is 10.2 Å². The number of hydrogen-bond acceptors (Lipinski definition) is 5. The molecular weight excluding hydrogens is 356 g/mol. The zero-order chi connectivity index (χ0) is 18.8. The minimum atomic E-state index is 0.151. The topological polar surface area (TPSA) is 48.5 Å². The van der Waals surface area contributed by atoms with Crippen molar-refractivity contribution in [3.05, 3.63) is 23.3 Å². The van der Waals surface area contributed by atoms with Crippen molar-refractivity contribution in [3.8, 4) is 0 Å². The zero-order valence-corrected chi connectivity index (χ0v) is 17.3. The molecule has 146 valence electrons. The molecule has 5 nitrogen and oxygen atoms in total. The smallest absolute Gasteiger partial charge is 0.223 e. The summed E-state index contributed by atoms with van der Waals surface area (Å²) in [6.07, 6.45) is 4.45. The number of thiazole rings is 1. The molecule has 2 aromatic rings. The summed E-state index contributed by atoms with van der Waals surface area (Å²) >= 11 is 1.78. The van der Waals surface area contributed by atoms with Crippen molar-refractivity contribution >= 4 is 32.6 Å². The first-order chi connectivity index (χ1) is 13.1. The van der Waals surface area contributed by atoms with E-state index in [0.717, 1.165) is 49.7 Å². The van der Waals surface area contributed by atoms with Crippen LogP contribution in [0.4, 0.5) is 5.13 Å². The lowest BCUT2D eigenvalue weighted by Crippen LogP contribution is -2.42. The Bertz CT molecular complexity index is 804. The van der Waals surface area contributed by atoms with Gasteiger partial charge < -0.3 is 15.1 Å². The van der Waals surface area contributed by atoms with Gasteiger partial charge in [-0.05, 0) is 69.8 Å². The third-order valence-electron chi connectivity index (χ3n) is 5.88. The quantitative estimate of drug-likeness (QED) is 0.856. The van der Waals surface area contributed by atoms with Crippen LogP contribution in [0.3, 0.4) is 0 Å². The number of fused-ring (bicyclic) bond motifs is 1. The van der Waals surface area contributed by atoms with E-state index in [4.69, 9.17) is 4.98 Å². The molecule has 0 unspecified atom stereocenters. The molecule has 6 heteroatoms. The van der Waals surface area contributed by atoms with E-state index in [2.05, 4.69) is 41.1 Å². The van der Waals surface area contributed by atoms with Crippen LogP contribution in [-0.4, -0.2) is 55.1 Å². The normalized spacial score (nSPS) is 19.1. The van der Waals surface area contributed by atoms with Crippen molar-refractivity contribution in [2.75, 3.05) is 44.2 Å². The monoisotopic (exact) mass is 386 g/mol. The second kappa shape index (κ2) is 8.15. The molecule has 27 heavy (non-hydrogen) atoms. The van der Waals surface area contributed by atoms with Gasteiger partial charge in [-0.3, -0.25) is 4.79 Å². The lowest BCUT2D eigenvalue weighted by atomic mass is 9.96. The van der Waals surface area contributed by atoms with Crippen LogP contribution in [0.5, 0.6) is 0 Å². The molecule has 0 aliphatic carbocycles. The van der Waals surface area contributed by atoms with E-state index in [1.54, 1.807) is 11.3 Å². The molecule has 0 bridgehead atoms. The maximum absolute atomic E-state index is 12.5. The van der Waals surface area contributed by atoms with Gasteiger partial charge in [0.2, 0.25) is 5.91 Å². The molecule has 1 aromatic heterocycles. The number of aromatic nitrogens is 1. The largest absolute Gasteiger partial charge is 0.355 e. The van der Waals surface area contributed by atoms with E-state index in [1.807, 2.05) is 0 Å². The maximum atomic E-state index is 12.5. The molecule has 3 heterocycles. The van der Waals surface area contributed by atoms with E-state index >= 15 is 0 Å². The number of benzene rings is 1. The molecule has 0 saturated carbocycles. The Morgan fingerprint density at radius 2 is 1.93 bits per heavy atom. The van der Waals surface area contributed by atoms with Gasteiger partial charge in [-0.2, -0.15) is 0 Å². The van der Waals surface area contributed by atoms with E-state index in [1.165, 1.54) is 41.8 Å². The Balaban J connectivity index is 1.29. The summed E-state index contributed by atoms with van der Waals surface area (Å²) in [5.41, 5.74) is 3.67. The minimum absolute atomic E-state index is 0.151. The van der Waals surface area contributed by atoms with Crippen LogP contribution in [0.15, 0.2) is 12.1 Å². The Morgan fingerprint density at radius 1 is 1.19 bits per heavy atom. The Labute approximate surface area is 165 Å². The van der Waals surface area contributed by atoms with Crippen molar-refractivity contribution < 1.29 is 4.79 Å². The summed E-state index contributed by atoms with van der Waals surface area (Å²) in [6, 6.07) is 4.43. The summed E-state index contributed by atoms with van der Waals surface area (Å²) in [6.45, 7) is 10.3. The highest BCUT2D eigenvalue weighted by atomic mass is 32.1. The van der Waals surface area contributed by atoms with E-state index in [0.29, 0.717) is 0 Å². The van der Waals surface area contributed by atoms with E-state index in [-0.39, 0.29) is 11.8 Å². The van der Waals surface area contributed by atoms with Gasteiger partial charge in [-0.25, -0.2) is 4.98 Å². The second-order valence-electron chi connectivity index (χ2n) is 8.03. The van der Waals surface area contributed by atoms with Gasteiger partial charge in [0, 0.05) is 32.1 Å². The summed E-state index contributed by atoms with van der Waals surface area (Å²) in [5, 5.41) is 4.26. The molecular formula is C21H30N4OS. The first-order valence-electron chi connectivity index (χ1n) is 10.2. The van der Waals surface area contributed by atoms with Crippen LogP contribution in [0.1, 0.15) is 36.8 Å². The number of hydrogen-bond donors (Lipinski definition) is 1. The first-order valence-corrected chi connectivity index (χ1v) is 11.0. The predicted octanol–water partition coefficient (Wildman–Crippen LogP) is 3.34. The van der Waals surface area contributed by atoms with Crippen molar-refractivity contribution in [1.82, 2.24) is 15.2 Å². The summed E-state index contributed by atoms with van der Waals surface area (Å²) in [5.74, 6) is 0.391. The van der Waals surface area contributed by atoms with Crippen LogP contribution >= 0.6 is 11.3 Å². The third-order valence-corrected chi connectivity index (χ3v) is 6.94. The number of carbonyl (C=O) groups is 1. The fourth-order valence-electron chi connectivity index (χ4n) is 4.31. The van der Waals surface area contributed by atoms with Gasteiger partial charge in [-0.1, -0.05) is 17.4 Å². The number of aryl methyl sites for hydroxylation is 2. The Morgan fingerprint density at radius 3 is 2.67 bits per heavy atom. The van der Waals surface area contributed by atoms with Crippen LogP contribution in [0, 0.1) is 19.8 Å². The van der Waals surface area contributed by atoms with Gasteiger partial charge >= 0.3 is 0 Å². The average Bonchev–Trinajstić information content (AvgIpc) is 3.31. The maximum Gasteiger partial charge on any atom is 0.223 e. The second-order valence-corrected chi connectivity index (χ2v) is 9.04. The molecule has 0 atom stereocenters. The summed E-state index contributed by atoms with van der Waals surface area (Å²) < 4.78 is 1.27. The lowest BCUT2D eigenvalue weighted by molar-refractivity contribution is -0.125. The van der Waals surface area contributed by atoms with E-state index < -0.39 is 0 Å². The average molecular weight is 387 g/mol. The highest BCUT2D eigenvalue weighted by Crippen LogP contribution is 2.33. The van der Waals surface area contributed by atoms with Crippen molar-refractivity contribution in [1.29, 1.82) is 0 Å². The van der Waals surface area contributed by atoms with Gasteiger partial charge in [0.25, 0.3) is 0 Å². The Hall–Kier alpha value is -1.66. The third kappa shape index (κ3) is 4.27. The van der Waals surface area contributed by atoms with Gasteiger partial charge in [-0.15, -0.1) is 0 Å². The highest BCUT2D eigenvalue weighted by molar-refractivity contribution is 7.22. The first kappa shape index (κ1) is 18.7. The number of rotatable bonds is 5. The number of nitrogens with one attached hydrogen (secondary N) is 1.